The summed E-state index contributed by atoms with van der Waals surface area (Å²) in [5, 5.41) is -1.34. The fraction of sp³-hybridized carbons (Fsp3) is 0.500. The molecule has 60 valence electrons. The molecule has 0 spiro atoms. The highest BCUT2D eigenvalue weighted by atomic mass is 32.2. The van der Waals surface area contributed by atoms with Crippen molar-refractivity contribution in [3.05, 3.63) is 0 Å². The van der Waals surface area contributed by atoms with Crippen molar-refractivity contribution in [1.82, 2.24) is 0 Å². The van der Waals surface area contributed by atoms with E-state index in [-0.39, 0.29) is 0 Å². The topological polar surface area (TPSA) is 77.2 Å². The minimum atomic E-state index is -5.46. The predicted molar refractivity (Wildman–Crippen MR) is 24.2 cm³/mol. The molecule has 0 fully saturated rings. The van der Waals surface area contributed by atoms with Crippen LogP contribution in [0.4, 0.5) is 13.2 Å². The summed E-state index contributed by atoms with van der Waals surface area (Å²) in [7, 11) is -5.46. The molecule has 0 amide bonds. The zero-order valence-corrected chi connectivity index (χ0v) is 5.16. The average molecular weight is 177 g/mol. The van der Waals surface area contributed by atoms with E-state index < -0.39 is 21.3 Å². The molecule has 0 saturated heterocycles. The van der Waals surface area contributed by atoms with Crippen molar-refractivity contribution in [2.24, 2.45) is 5.14 Å². The van der Waals surface area contributed by atoms with Crippen LogP contribution in [0.15, 0.2) is 0 Å². The first-order valence-electron chi connectivity index (χ1n) is 1.79. The van der Waals surface area contributed by atoms with Gasteiger partial charge in [-0.15, -0.1) is 0 Å². The van der Waals surface area contributed by atoms with Crippen LogP contribution in [-0.4, -0.2) is 19.7 Å². The number of sulfonamides is 1. The van der Waals surface area contributed by atoms with Crippen molar-refractivity contribution in [2.45, 2.75) is 5.25 Å². The summed E-state index contributed by atoms with van der Waals surface area (Å²) < 4.78 is 53.7. The van der Waals surface area contributed by atoms with Crippen molar-refractivity contribution in [1.29, 1.82) is 0 Å². The van der Waals surface area contributed by atoms with E-state index in [1.165, 1.54) is 0 Å². The van der Waals surface area contributed by atoms with Crippen LogP contribution in [0.3, 0.4) is 0 Å². The van der Waals surface area contributed by atoms with Crippen LogP contribution in [0.2, 0.25) is 0 Å². The first-order valence-corrected chi connectivity index (χ1v) is 3.34. The van der Waals surface area contributed by atoms with Gasteiger partial charge in [-0.2, -0.15) is 13.2 Å². The summed E-state index contributed by atoms with van der Waals surface area (Å²) in [6.45, 7) is 0. The highest BCUT2D eigenvalue weighted by molar-refractivity contribution is 7.91. The van der Waals surface area contributed by atoms with Gasteiger partial charge in [0.2, 0.25) is 0 Å². The number of rotatable bonds is 2. The Labute approximate surface area is 53.9 Å². The van der Waals surface area contributed by atoms with Gasteiger partial charge in [0.1, 0.15) is 0 Å². The first kappa shape index (κ1) is 9.37. The van der Waals surface area contributed by atoms with Crippen molar-refractivity contribution < 1.29 is 26.4 Å². The average Bonchev–Trinajstić information content (AvgIpc) is 1.62. The van der Waals surface area contributed by atoms with E-state index >= 15 is 0 Å². The van der Waals surface area contributed by atoms with Crippen LogP contribution in [0.1, 0.15) is 0 Å². The Morgan fingerprint density at radius 1 is 1.40 bits per heavy atom. The standard InChI is InChI=1S/C2H2F3NO3S/c3-1(7)2(4,5)10(6,8)9/h(H2,6,8,9). The van der Waals surface area contributed by atoms with Crippen molar-refractivity contribution in [3.8, 4) is 0 Å². The molecule has 0 atom stereocenters. The van der Waals surface area contributed by atoms with Gasteiger partial charge in [0.25, 0.3) is 10.0 Å². The smallest absolute Gasteiger partial charge is 0.253 e. The van der Waals surface area contributed by atoms with Gasteiger partial charge in [-0.25, -0.2) is 13.6 Å². The first-order chi connectivity index (χ1) is 4.19. The molecule has 2 N–H and O–H groups in total. The summed E-state index contributed by atoms with van der Waals surface area (Å²) in [5.41, 5.74) is 0. The molecule has 0 aliphatic rings. The van der Waals surface area contributed by atoms with E-state index in [9.17, 15) is 26.4 Å². The molecule has 8 heteroatoms. The molecule has 0 aliphatic carbocycles. The summed E-state index contributed by atoms with van der Waals surface area (Å²) in [4.78, 5) is 9.24. The van der Waals surface area contributed by atoms with Crippen LogP contribution >= 0.6 is 0 Å². The molecule has 0 radical (unpaired) electrons. The van der Waals surface area contributed by atoms with Crippen molar-refractivity contribution >= 4 is 16.1 Å². The fourth-order valence-electron chi connectivity index (χ4n) is 0.112. The Hall–Kier alpha value is -0.630. The molecule has 0 aliphatic heterocycles. The Bertz CT molecular complexity index is 244. The zero-order chi connectivity index (χ0) is 8.58. The van der Waals surface area contributed by atoms with Crippen molar-refractivity contribution in [3.63, 3.8) is 0 Å². The van der Waals surface area contributed by atoms with Gasteiger partial charge in [0.05, 0.1) is 0 Å². The molecule has 10 heavy (non-hydrogen) atoms. The van der Waals surface area contributed by atoms with E-state index in [4.69, 9.17) is 0 Å². The van der Waals surface area contributed by atoms with Gasteiger partial charge in [-0.1, -0.05) is 0 Å². The van der Waals surface area contributed by atoms with Crippen molar-refractivity contribution in [2.75, 3.05) is 0 Å². The van der Waals surface area contributed by atoms with Gasteiger partial charge in [0.15, 0.2) is 0 Å². The predicted octanol–water partition coefficient (Wildman–Crippen LogP) is -0.636. The molecule has 0 saturated carbocycles. The molecule has 0 aromatic carbocycles. The summed E-state index contributed by atoms with van der Waals surface area (Å²) in [6.07, 6.45) is 0. The second-order valence-electron chi connectivity index (χ2n) is 1.34. The Balaban J connectivity index is 4.95. The monoisotopic (exact) mass is 177 g/mol. The molecule has 0 heterocycles. The third-order valence-corrected chi connectivity index (χ3v) is 1.46. The number of carbonyl (C=O) groups is 1. The summed E-state index contributed by atoms with van der Waals surface area (Å²) in [5.74, 6) is 0. The summed E-state index contributed by atoms with van der Waals surface area (Å²) >= 11 is 0. The Morgan fingerprint density at radius 2 is 1.70 bits per heavy atom. The quantitative estimate of drug-likeness (QED) is 0.570. The highest BCUT2D eigenvalue weighted by Crippen LogP contribution is 2.19. The maximum absolute atomic E-state index is 11.6. The second kappa shape index (κ2) is 2.20. The Kier molecular flexibility index (Phi) is 2.06. The number of halogens is 3. The number of nitrogens with two attached hydrogens (primary N) is 1. The van der Waals surface area contributed by atoms with Gasteiger partial charge in [0, 0.05) is 0 Å². The molecule has 0 aromatic heterocycles. The molecule has 4 nitrogen and oxygen atoms in total. The van der Waals surface area contributed by atoms with Gasteiger partial charge in [-0.05, 0) is 0 Å². The maximum Gasteiger partial charge on any atom is 0.446 e. The summed E-state index contributed by atoms with van der Waals surface area (Å²) in [6, 6.07) is -3.28. The number of hydrogen-bond acceptors (Lipinski definition) is 3. The lowest BCUT2D eigenvalue weighted by atomic mass is 10.8. The molecule has 0 rings (SSSR count). The van der Waals surface area contributed by atoms with Crippen LogP contribution in [0.5, 0.6) is 0 Å². The molecule has 0 aromatic rings. The molecular formula is C2H2F3NO3S. The van der Waals surface area contributed by atoms with E-state index in [2.05, 4.69) is 5.14 Å². The Morgan fingerprint density at radius 3 is 1.70 bits per heavy atom. The van der Waals surface area contributed by atoms with Crippen LogP contribution in [0.25, 0.3) is 0 Å². The third-order valence-electron chi connectivity index (χ3n) is 0.586. The lowest BCUT2D eigenvalue weighted by molar-refractivity contribution is -0.144. The molecular weight excluding hydrogens is 175 g/mol. The number of primary sulfonamides is 1. The van der Waals surface area contributed by atoms with E-state index in [1.807, 2.05) is 0 Å². The largest absolute Gasteiger partial charge is 0.446 e. The van der Waals surface area contributed by atoms with Crippen LogP contribution < -0.4 is 5.14 Å². The lowest BCUT2D eigenvalue weighted by Gasteiger charge is -2.04. The van der Waals surface area contributed by atoms with Crippen LogP contribution in [0, 0.1) is 0 Å². The fourth-order valence-corrected chi connectivity index (χ4v) is 0.336. The lowest BCUT2D eigenvalue weighted by Crippen LogP contribution is -2.40. The van der Waals surface area contributed by atoms with Gasteiger partial charge in [-0.3, -0.25) is 4.79 Å². The van der Waals surface area contributed by atoms with E-state index in [0.717, 1.165) is 0 Å². The minimum Gasteiger partial charge on any atom is -0.253 e. The SMILES string of the molecule is NS(=O)(=O)C(F)(F)C(=O)F. The normalized spacial score (nSPS) is 13.2. The van der Waals surface area contributed by atoms with Gasteiger partial charge >= 0.3 is 11.3 Å². The highest BCUT2D eigenvalue weighted by Gasteiger charge is 2.51. The van der Waals surface area contributed by atoms with E-state index in [0.29, 0.717) is 0 Å². The third kappa shape index (κ3) is 1.45. The minimum absolute atomic E-state index is 3.28. The number of hydrogen-bond donors (Lipinski definition) is 1. The number of alkyl halides is 2. The maximum atomic E-state index is 11.6. The zero-order valence-electron chi connectivity index (χ0n) is 4.34. The molecule has 0 unspecified atom stereocenters. The van der Waals surface area contributed by atoms with Gasteiger partial charge < -0.3 is 0 Å². The second-order valence-corrected chi connectivity index (χ2v) is 2.94. The van der Waals surface area contributed by atoms with E-state index in [1.54, 1.807) is 0 Å². The number of carbonyl (C=O) groups excluding carboxylic acids is 1. The molecule has 0 bridgehead atoms. The van der Waals surface area contributed by atoms with Crippen LogP contribution in [-0.2, 0) is 14.8 Å².